The van der Waals surface area contributed by atoms with Crippen molar-refractivity contribution in [3.8, 4) is 11.4 Å². The molecule has 1 aromatic carbocycles. The number of ether oxygens (including phenoxy) is 1. The Labute approximate surface area is 113 Å². The van der Waals surface area contributed by atoms with Crippen LogP contribution >= 0.6 is 0 Å². The third-order valence-corrected chi connectivity index (χ3v) is 2.63. The fraction of sp³-hybridized carbons (Fsp3) is 0.154. The molecule has 20 heavy (non-hydrogen) atoms. The van der Waals surface area contributed by atoms with E-state index in [9.17, 15) is 13.6 Å². The molecule has 0 saturated heterocycles. The quantitative estimate of drug-likeness (QED) is 0.852. The molecule has 0 fully saturated rings. The lowest BCUT2D eigenvalue weighted by molar-refractivity contribution is 0.0600. The lowest BCUT2D eigenvalue weighted by Gasteiger charge is -2.09. The molecule has 1 heterocycles. The van der Waals surface area contributed by atoms with Crippen LogP contribution in [0.5, 0.6) is 0 Å². The van der Waals surface area contributed by atoms with Crippen LogP contribution in [0, 0.1) is 18.6 Å². The summed E-state index contributed by atoms with van der Waals surface area (Å²) in [6, 6.07) is 2.90. The number of rotatable bonds is 2. The van der Waals surface area contributed by atoms with Gasteiger partial charge in [0.2, 0.25) is 0 Å². The number of hydrogen-bond donors (Lipinski definition) is 1. The van der Waals surface area contributed by atoms with Gasteiger partial charge in [0.1, 0.15) is 23.0 Å². The molecule has 0 aliphatic rings. The highest BCUT2D eigenvalue weighted by atomic mass is 19.1. The fourth-order valence-corrected chi connectivity index (χ4v) is 1.76. The van der Waals surface area contributed by atoms with Crippen molar-refractivity contribution in [1.29, 1.82) is 0 Å². The van der Waals surface area contributed by atoms with Crippen molar-refractivity contribution in [1.82, 2.24) is 9.97 Å². The Hall–Kier alpha value is -2.57. The molecule has 1 aromatic heterocycles. The number of halogens is 2. The Morgan fingerprint density at radius 3 is 2.30 bits per heavy atom. The van der Waals surface area contributed by atoms with Crippen molar-refractivity contribution in [2.75, 3.05) is 12.8 Å². The van der Waals surface area contributed by atoms with E-state index in [1.807, 2.05) is 0 Å². The maximum Gasteiger partial charge on any atom is 0.343 e. The van der Waals surface area contributed by atoms with Crippen LogP contribution in [0.3, 0.4) is 0 Å². The predicted octanol–water partition coefficient (Wildman–Crippen LogP) is 2.10. The molecule has 5 nitrogen and oxygen atoms in total. The van der Waals surface area contributed by atoms with Crippen LogP contribution in [0.25, 0.3) is 11.4 Å². The molecule has 0 aliphatic heterocycles. The summed E-state index contributed by atoms with van der Waals surface area (Å²) in [5.74, 6) is -2.25. The van der Waals surface area contributed by atoms with Crippen LogP contribution in [-0.2, 0) is 4.74 Å². The number of aryl methyl sites for hydroxylation is 1. The largest absolute Gasteiger partial charge is 0.465 e. The van der Waals surface area contributed by atoms with E-state index in [0.717, 1.165) is 18.2 Å². The van der Waals surface area contributed by atoms with Crippen LogP contribution in [0.15, 0.2) is 18.2 Å². The van der Waals surface area contributed by atoms with E-state index in [1.54, 1.807) is 0 Å². The maximum atomic E-state index is 13.2. The van der Waals surface area contributed by atoms with Gasteiger partial charge in [0.25, 0.3) is 0 Å². The topological polar surface area (TPSA) is 78.1 Å². The van der Waals surface area contributed by atoms with Gasteiger partial charge < -0.3 is 10.5 Å². The highest BCUT2D eigenvalue weighted by Crippen LogP contribution is 2.22. The molecule has 0 bridgehead atoms. The summed E-state index contributed by atoms with van der Waals surface area (Å²) in [4.78, 5) is 19.4. The SMILES string of the molecule is COC(=O)c1c(C)nc(-c2cc(F)cc(F)c2)nc1N. The number of benzene rings is 1. The number of anilines is 1. The van der Waals surface area contributed by atoms with Gasteiger partial charge in [-0.15, -0.1) is 0 Å². The molecule has 0 saturated carbocycles. The minimum atomic E-state index is -0.753. The Balaban J connectivity index is 2.57. The Kier molecular flexibility index (Phi) is 3.60. The lowest BCUT2D eigenvalue weighted by atomic mass is 10.1. The van der Waals surface area contributed by atoms with Gasteiger partial charge in [-0.2, -0.15) is 0 Å². The summed E-state index contributed by atoms with van der Waals surface area (Å²) in [6.45, 7) is 1.53. The molecule has 0 unspecified atom stereocenters. The first kappa shape index (κ1) is 13.9. The van der Waals surface area contributed by atoms with E-state index >= 15 is 0 Å². The average molecular weight is 279 g/mol. The minimum Gasteiger partial charge on any atom is -0.465 e. The van der Waals surface area contributed by atoms with Gasteiger partial charge in [-0.05, 0) is 19.1 Å². The maximum absolute atomic E-state index is 13.2. The first-order valence-electron chi connectivity index (χ1n) is 5.61. The van der Waals surface area contributed by atoms with Gasteiger partial charge in [0.15, 0.2) is 5.82 Å². The number of nitrogens with two attached hydrogens (primary N) is 1. The molecule has 2 rings (SSSR count). The molecule has 0 spiro atoms. The smallest absolute Gasteiger partial charge is 0.343 e. The van der Waals surface area contributed by atoms with Crippen LogP contribution < -0.4 is 5.73 Å². The molecule has 0 radical (unpaired) electrons. The van der Waals surface area contributed by atoms with E-state index < -0.39 is 17.6 Å². The normalized spacial score (nSPS) is 10.4. The van der Waals surface area contributed by atoms with Gasteiger partial charge in [0.05, 0.1) is 12.8 Å². The van der Waals surface area contributed by atoms with Gasteiger partial charge in [-0.25, -0.2) is 23.5 Å². The van der Waals surface area contributed by atoms with E-state index in [-0.39, 0.29) is 28.5 Å². The Bertz CT molecular complexity index is 646. The Morgan fingerprint density at radius 1 is 1.20 bits per heavy atom. The molecular formula is C13H11F2N3O2. The molecule has 0 atom stereocenters. The molecule has 7 heteroatoms. The van der Waals surface area contributed by atoms with Crippen molar-refractivity contribution in [3.63, 3.8) is 0 Å². The van der Waals surface area contributed by atoms with Crippen molar-refractivity contribution >= 4 is 11.8 Å². The van der Waals surface area contributed by atoms with Gasteiger partial charge >= 0.3 is 5.97 Å². The average Bonchev–Trinajstić information content (AvgIpc) is 2.36. The summed E-state index contributed by atoms with van der Waals surface area (Å²) in [5.41, 5.74) is 6.11. The van der Waals surface area contributed by atoms with Crippen LogP contribution in [-0.4, -0.2) is 23.0 Å². The summed E-state index contributed by atoms with van der Waals surface area (Å²) in [7, 11) is 1.21. The van der Waals surface area contributed by atoms with Gasteiger partial charge in [-0.3, -0.25) is 0 Å². The van der Waals surface area contributed by atoms with Crippen molar-refractivity contribution < 1.29 is 18.3 Å². The number of methoxy groups -OCH3 is 1. The lowest BCUT2D eigenvalue weighted by Crippen LogP contribution is -2.12. The second-order valence-corrected chi connectivity index (χ2v) is 4.04. The summed E-state index contributed by atoms with van der Waals surface area (Å²) in [5, 5.41) is 0. The van der Waals surface area contributed by atoms with E-state index in [2.05, 4.69) is 14.7 Å². The zero-order valence-electron chi connectivity index (χ0n) is 10.8. The third kappa shape index (κ3) is 2.56. The predicted molar refractivity (Wildman–Crippen MR) is 67.9 cm³/mol. The summed E-state index contributed by atoms with van der Waals surface area (Å²) < 4.78 is 30.9. The fourth-order valence-electron chi connectivity index (χ4n) is 1.76. The van der Waals surface area contributed by atoms with E-state index in [0.29, 0.717) is 0 Å². The second kappa shape index (κ2) is 5.20. The molecular weight excluding hydrogens is 268 g/mol. The number of esters is 1. The highest BCUT2D eigenvalue weighted by molar-refractivity contribution is 5.95. The summed E-state index contributed by atoms with van der Waals surface area (Å²) in [6.07, 6.45) is 0. The number of carbonyl (C=O) groups excluding carboxylic acids is 1. The third-order valence-electron chi connectivity index (χ3n) is 2.63. The summed E-state index contributed by atoms with van der Waals surface area (Å²) >= 11 is 0. The van der Waals surface area contributed by atoms with Gasteiger partial charge in [-0.1, -0.05) is 0 Å². The first-order chi connectivity index (χ1) is 9.42. The Morgan fingerprint density at radius 2 is 1.80 bits per heavy atom. The monoisotopic (exact) mass is 279 g/mol. The van der Waals surface area contributed by atoms with Crippen LogP contribution in [0.2, 0.25) is 0 Å². The number of nitrogens with zero attached hydrogens (tertiary/aromatic N) is 2. The molecule has 2 N–H and O–H groups in total. The zero-order valence-corrected chi connectivity index (χ0v) is 10.8. The van der Waals surface area contributed by atoms with E-state index in [1.165, 1.54) is 14.0 Å². The number of aromatic nitrogens is 2. The molecule has 104 valence electrons. The standard InChI is InChI=1S/C13H11F2N3O2/c1-6-10(13(19)20-2)11(16)18-12(17-6)7-3-8(14)5-9(15)4-7/h3-5H,1-2H3,(H2,16,17,18). The first-order valence-corrected chi connectivity index (χ1v) is 5.61. The molecule has 0 aliphatic carbocycles. The van der Waals surface area contributed by atoms with Crippen molar-refractivity contribution in [3.05, 3.63) is 41.1 Å². The van der Waals surface area contributed by atoms with Crippen LogP contribution in [0.1, 0.15) is 16.1 Å². The van der Waals surface area contributed by atoms with Gasteiger partial charge in [0, 0.05) is 11.6 Å². The highest BCUT2D eigenvalue weighted by Gasteiger charge is 2.18. The van der Waals surface area contributed by atoms with Crippen molar-refractivity contribution in [2.45, 2.75) is 6.92 Å². The second-order valence-electron chi connectivity index (χ2n) is 4.04. The number of carbonyl (C=O) groups is 1. The number of hydrogen-bond acceptors (Lipinski definition) is 5. The molecule has 0 amide bonds. The molecule has 2 aromatic rings. The van der Waals surface area contributed by atoms with E-state index in [4.69, 9.17) is 5.73 Å². The number of nitrogen functional groups attached to an aromatic ring is 1. The zero-order chi connectivity index (χ0) is 14.9. The van der Waals surface area contributed by atoms with Crippen molar-refractivity contribution in [2.24, 2.45) is 0 Å². The minimum absolute atomic E-state index is 0.0334. The van der Waals surface area contributed by atoms with Crippen LogP contribution in [0.4, 0.5) is 14.6 Å².